The fraction of sp³-hybridized carbons (Fsp3) is 0.0909. The second kappa shape index (κ2) is 8.30. The third kappa shape index (κ3) is 4.28. The van der Waals surface area contributed by atoms with E-state index in [1.807, 2.05) is 44.4 Å². The average Bonchev–Trinajstić information content (AvgIpc) is 3.40. The van der Waals surface area contributed by atoms with Crippen LogP contribution in [0.4, 0.5) is 11.4 Å². The highest BCUT2D eigenvalue weighted by Gasteiger charge is 2.15. The smallest absolute Gasteiger partial charge is 0.275 e. The summed E-state index contributed by atoms with van der Waals surface area (Å²) in [5, 5.41) is 12.3. The van der Waals surface area contributed by atoms with Crippen molar-refractivity contribution in [2.45, 2.75) is 6.92 Å². The fourth-order valence-electron chi connectivity index (χ4n) is 2.86. The van der Waals surface area contributed by atoms with Crippen molar-refractivity contribution < 1.29 is 9.59 Å². The van der Waals surface area contributed by atoms with Crippen LogP contribution < -0.4 is 10.6 Å². The number of benzene rings is 2. The van der Waals surface area contributed by atoms with Crippen LogP contribution in [-0.4, -0.2) is 26.6 Å². The molecule has 4 aromatic rings. The molecule has 0 radical (unpaired) electrons. The molecule has 0 saturated heterocycles. The second-order valence-electron chi connectivity index (χ2n) is 6.74. The van der Waals surface area contributed by atoms with Gasteiger partial charge in [0.1, 0.15) is 10.7 Å². The van der Waals surface area contributed by atoms with Crippen molar-refractivity contribution in [2.24, 2.45) is 7.05 Å². The summed E-state index contributed by atoms with van der Waals surface area (Å²) in [4.78, 5) is 29.5. The summed E-state index contributed by atoms with van der Waals surface area (Å²) >= 11 is 1.39. The van der Waals surface area contributed by atoms with E-state index in [0.29, 0.717) is 22.6 Å². The Morgan fingerprint density at radius 3 is 2.57 bits per heavy atom. The molecule has 7 nitrogen and oxygen atoms in total. The molecule has 0 bridgehead atoms. The minimum absolute atomic E-state index is 0.211. The van der Waals surface area contributed by atoms with Crippen molar-refractivity contribution in [2.75, 3.05) is 10.6 Å². The van der Waals surface area contributed by atoms with Gasteiger partial charge >= 0.3 is 0 Å². The zero-order chi connectivity index (χ0) is 21.1. The van der Waals surface area contributed by atoms with Gasteiger partial charge in [0.05, 0.1) is 6.20 Å². The van der Waals surface area contributed by atoms with Crippen LogP contribution >= 0.6 is 11.3 Å². The first-order valence-corrected chi connectivity index (χ1v) is 10.1. The van der Waals surface area contributed by atoms with Crippen molar-refractivity contribution in [3.8, 4) is 10.6 Å². The van der Waals surface area contributed by atoms with E-state index >= 15 is 0 Å². The molecule has 0 aliphatic heterocycles. The van der Waals surface area contributed by atoms with Crippen molar-refractivity contribution >= 4 is 34.5 Å². The number of nitrogens with zero attached hydrogens (tertiary/aromatic N) is 3. The Morgan fingerprint density at radius 2 is 1.83 bits per heavy atom. The van der Waals surface area contributed by atoms with Crippen molar-refractivity contribution in [1.82, 2.24) is 14.8 Å². The molecule has 8 heteroatoms. The van der Waals surface area contributed by atoms with E-state index in [4.69, 9.17) is 0 Å². The van der Waals surface area contributed by atoms with Gasteiger partial charge in [0.2, 0.25) is 0 Å². The highest BCUT2D eigenvalue weighted by atomic mass is 32.1. The standard InChI is InChI=1S/C22H19N5O2S/c1-14-8-9-17(24-20(28)15-6-4-3-5-7-15)10-18(14)25-21(29)19-13-30-22(26-19)16-11-23-27(2)12-16/h3-13H,1-2H3,(H,24,28)(H,25,29). The number of hydrogen-bond acceptors (Lipinski definition) is 5. The van der Waals surface area contributed by atoms with Crippen LogP contribution in [0.5, 0.6) is 0 Å². The van der Waals surface area contributed by atoms with Gasteiger partial charge in [-0.1, -0.05) is 24.3 Å². The van der Waals surface area contributed by atoms with Crippen LogP contribution in [0.3, 0.4) is 0 Å². The minimum atomic E-state index is -0.309. The van der Waals surface area contributed by atoms with Crippen LogP contribution in [-0.2, 0) is 7.05 Å². The lowest BCUT2D eigenvalue weighted by Gasteiger charge is -2.11. The van der Waals surface area contributed by atoms with Gasteiger partial charge in [-0.25, -0.2) is 4.98 Å². The van der Waals surface area contributed by atoms with Crippen LogP contribution in [0.2, 0.25) is 0 Å². The number of aromatic nitrogens is 3. The Morgan fingerprint density at radius 1 is 1.03 bits per heavy atom. The highest BCUT2D eigenvalue weighted by Crippen LogP contribution is 2.25. The Balaban J connectivity index is 1.49. The summed E-state index contributed by atoms with van der Waals surface area (Å²) in [5.74, 6) is -0.520. The van der Waals surface area contributed by atoms with E-state index in [1.165, 1.54) is 11.3 Å². The van der Waals surface area contributed by atoms with E-state index in [1.54, 1.807) is 40.5 Å². The molecule has 0 atom stereocenters. The largest absolute Gasteiger partial charge is 0.322 e. The van der Waals surface area contributed by atoms with Crippen LogP contribution in [0.25, 0.3) is 10.6 Å². The van der Waals surface area contributed by atoms with Crippen LogP contribution in [0.1, 0.15) is 26.4 Å². The maximum Gasteiger partial charge on any atom is 0.275 e. The van der Waals surface area contributed by atoms with Gasteiger partial charge in [0.15, 0.2) is 0 Å². The predicted molar refractivity (Wildman–Crippen MR) is 118 cm³/mol. The lowest BCUT2D eigenvalue weighted by Crippen LogP contribution is -2.15. The fourth-order valence-corrected chi connectivity index (χ4v) is 3.63. The van der Waals surface area contributed by atoms with Gasteiger partial charge < -0.3 is 10.6 Å². The number of carbonyl (C=O) groups excluding carboxylic acids is 2. The lowest BCUT2D eigenvalue weighted by molar-refractivity contribution is 0.101. The topological polar surface area (TPSA) is 88.9 Å². The Bertz CT molecular complexity index is 1210. The minimum Gasteiger partial charge on any atom is -0.322 e. The quantitative estimate of drug-likeness (QED) is 0.505. The van der Waals surface area contributed by atoms with Crippen LogP contribution in [0.15, 0.2) is 66.3 Å². The maximum atomic E-state index is 12.7. The molecule has 0 unspecified atom stereocenters. The summed E-state index contributed by atoms with van der Waals surface area (Å²) in [6.45, 7) is 1.89. The number of nitrogens with one attached hydrogen (secondary N) is 2. The zero-order valence-electron chi connectivity index (χ0n) is 16.4. The number of aryl methyl sites for hydroxylation is 2. The summed E-state index contributed by atoms with van der Waals surface area (Å²) < 4.78 is 1.69. The molecule has 30 heavy (non-hydrogen) atoms. The molecular weight excluding hydrogens is 398 g/mol. The molecule has 4 rings (SSSR count). The van der Waals surface area contributed by atoms with E-state index in [0.717, 1.165) is 16.1 Å². The van der Waals surface area contributed by atoms with Crippen molar-refractivity contribution in [3.05, 3.63) is 83.1 Å². The number of thiazole rings is 1. The van der Waals surface area contributed by atoms with Gasteiger partial charge in [-0.05, 0) is 36.8 Å². The van der Waals surface area contributed by atoms with Crippen LogP contribution in [0, 0.1) is 6.92 Å². The summed E-state index contributed by atoms with van der Waals surface area (Å²) in [5.41, 5.74) is 3.85. The summed E-state index contributed by atoms with van der Waals surface area (Å²) in [7, 11) is 1.83. The van der Waals surface area contributed by atoms with Gasteiger partial charge in [-0.3, -0.25) is 14.3 Å². The first-order chi connectivity index (χ1) is 14.5. The summed E-state index contributed by atoms with van der Waals surface area (Å²) in [6.07, 6.45) is 3.56. The molecule has 0 aliphatic rings. The third-order valence-corrected chi connectivity index (χ3v) is 5.36. The van der Waals surface area contributed by atoms with Gasteiger partial charge in [-0.15, -0.1) is 11.3 Å². The first-order valence-electron chi connectivity index (χ1n) is 9.22. The van der Waals surface area contributed by atoms with E-state index in [-0.39, 0.29) is 11.8 Å². The third-order valence-electron chi connectivity index (χ3n) is 4.47. The normalized spacial score (nSPS) is 10.6. The first kappa shape index (κ1) is 19.5. The molecule has 0 aliphatic carbocycles. The highest BCUT2D eigenvalue weighted by molar-refractivity contribution is 7.13. The molecule has 2 N–H and O–H groups in total. The number of rotatable bonds is 5. The molecule has 2 amide bonds. The lowest BCUT2D eigenvalue weighted by atomic mass is 10.1. The maximum absolute atomic E-state index is 12.7. The predicted octanol–water partition coefficient (Wildman–Crippen LogP) is 4.36. The van der Waals surface area contributed by atoms with Crippen molar-refractivity contribution in [1.29, 1.82) is 0 Å². The summed E-state index contributed by atoms with van der Waals surface area (Å²) in [6, 6.07) is 14.3. The van der Waals surface area contributed by atoms with Gasteiger partial charge in [-0.2, -0.15) is 5.10 Å². The van der Waals surface area contributed by atoms with Gasteiger partial charge in [0.25, 0.3) is 11.8 Å². The molecule has 150 valence electrons. The molecule has 2 heterocycles. The molecule has 0 saturated carbocycles. The van der Waals surface area contributed by atoms with E-state index < -0.39 is 0 Å². The Hall–Kier alpha value is -3.78. The number of anilines is 2. The SMILES string of the molecule is Cc1ccc(NC(=O)c2ccccc2)cc1NC(=O)c1csc(-c2cnn(C)c2)n1. The van der Waals surface area contributed by atoms with Gasteiger partial charge in [0, 0.05) is 41.1 Å². The monoisotopic (exact) mass is 417 g/mol. The molecular formula is C22H19N5O2S. The zero-order valence-corrected chi connectivity index (χ0v) is 17.2. The molecule has 0 fully saturated rings. The molecule has 2 aromatic carbocycles. The Kier molecular flexibility index (Phi) is 5.40. The second-order valence-corrected chi connectivity index (χ2v) is 7.60. The Labute approximate surface area is 177 Å². The van der Waals surface area contributed by atoms with Crippen molar-refractivity contribution in [3.63, 3.8) is 0 Å². The number of hydrogen-bond donors (Lipinski definition) is 2. The number of carbonyl (C=O) groups is 2. The number of amides is 2. The van der Waals surface area contributed by atoms with E-state index in [2.05, 4.69) is 20.7 Å². The van der Waals surface area contributed by atoms with E-state index in [9.17, 15) is 9.59 Å². The molecule has 0 spiro atoms. The average molecular weight is 417 g/mol. The molecule has 2 aromatic heterocycles.